The van der Waals surface area contributed by atoms with Crippen molar-refractivity contribution in [1.29, 1.82) is 0 Å². The van der Waals surface area contributed by atoms with E-state index in [0.717, 1.165) is 26.2 Å². The van der Waals surface area contributed by atoms with Gasteiger partial charge in [-0.1, -0.05) is 17.7 Å². The molecule has 2 rings (SSSR count). The first-order valence-electron chi connectivity index (χ1n) is 6.90. The standard InChI is InChI=1S/C16H25NO/c1-12-8-13(2)15(14(3)9-12)10-17-16(4)6-5-7-18-11-16/h8-9,17H,5-7,10-11H2,1-4H3. The highest BCUT2D eigenvalue weighted by atomic mass is 16.5. The quantitative estimate of drug-likeness (QED) is 0.885. The Labute approximate surface area is 111 Å². The SMILES string of the molecule is Cc1cc(C)c(CNC2(C)CCCOC2)c(C)c1. The molecule has 18 heavy (non-hydrogen) atoms. The topological polar surface area (TPSA) is 21.3 Å². The molecule has 0 saturated carbocycles. The predicted octanol–water partition coefficient (Wildman–Crippen LogP) is 3.27. The van der Waals surface area contributed by atoms with Crippen molar-refractivity contribution in [2.24, 2.45) is 0 Å². The van der Waals surface area contributed by atoms with Gasteiger partial charge in [0.25, 0.3) is 0 Å². The van der Waals surface area contributed by atoms with Gasteiger partial charge in [-0.05, 0) is 57.2 Å². The van der Waals surface area contributed by atoms with Crippen molar-refractivity contribution in [3.8, 4) is 0 Å². The lowest BCUT2D eigenvalue weighted by molar-refractivity contribution is 0.0277. The fourth-order valence-electron chi connectivity index (χ4n) is 2.86. The van der Waals surface area contributed by atoms with E-state index in [1.165, 1.54) is 28.7 Å². The second-order valence-electron chi connectivity index (χ2n) is 5.95. The molecule has 0 spiro atoms. The van der Waals surface area contributed by atoms with Crippen LogP contribution in [-0.4, -0.2) is 18.8 Å². The molecule has 1 N–H and O–H groups in total. The molecule has 2 nitrogen and oxygen atoms in total. The number of hydrogen-bond acceptors (Lipinski definition) is 2. The normalized spacial score (nSPS) is 24.2. The molecular weight excluding hydrogens is 222 g/mol. The molecule has 1 fully saturated rings. The van der Waals surface area contributed by atoms with Gasteiger partial charge in [-0.25, -0.2) is 0 Å². The molecule has 1 heterocycles. The molecule has 0 bridgehead atoms. The van der Waals surface area contributed by atoms with Crippen molar-refractivity contribution in [2.45, 2.75) is 52.6 Å². The molecule has 0 aromatic heterocycles. The van der Waals surface area contributed by atoms with Gasteiger partial charge in [0.2, 0.25) is 0 Å². The summed E-state index contributed by atoms with van der Waals surface area (Å²) in [6.07, 6.45) is 2.37. The minimum Gasteiger partial charge on any atom is -0.380 e. The van der Waals surface area contributed by atoms with E-state index in [2.05, 4.69) is 45.1 Å². The zero-order valence-corrected chi connectivity index (χ0v) is 12.1. The Morgan fingerprint density at radius 3 is 2.44 bits per heavy atom. The van der Waals surface area contributed by atoms with Crippen molar-refractivity contribution in [3.05, 3.63) is 34.4 Å². The van der Waals surface area contributed by atoms with Crippen molar-refractivity contribution >= 4 is 0 Å². The smallest absolute Gasteiger partial charge is 0.0645 e. The summed E-state index contributed by atoms with van der Waals surface area (Å²) in [4.78, 5) is 0. The van der Waals surface area contributed by atoms with Crippen molar-refractivity contribution in [2.75, 3.05) is 13.2 Å². The summed E-state index contributed by atoms with van der Waals surface area (Å²) in [5, 5.41) is 3.69. The van der Waals surface area contributed by atoms with E-state index >= 15 is 0 Å². The van der Waals surface area contributed by atoms with Crippen molar-refractivity contribution in [1.82, 2.24) is 5.32 Å². The summed E-state index contributed by atoms with van der Waals surface area (Å²) in [6, 6.07) is 4.54. The van der Waals surface area contributed by atoms with E-state index in [1.54, 1.807) is 0 Å². The Bertz CT molecular complexity index is 396. The van der Waals surface area contributed by atoms with Gasteiger partial charge in [0.1, 0.15) is 0 Å². The maximum absolute atomic E-state index is 5.59. The predicted molar refractivity (Wildman–Crippen MR) is 76.0 cm³/mol. The average molecular weight is 247 g/mol. The third-order valence-corrected chi connectivity index (χ3v) is 3.97. The first-order chi connectivity index (χ1) is 8.50. The second kappa shape index (κ2) is 5.41. The molecule has 0 aliphatic carbocycles. The minimum absolute atomic E-state index is 0.141. The zero-order chi connectivity index (χ0) is 13.2. The van der Waals surface area contributed by atoms with Crippen LogP contribution in [0.1, 0.15) is 42.0 Å². The van der Waals surface area contributed by atoms with Crippen LogP contribution < -0.4 is 5.32 Å². The Hall–Kier alpha value is -0.860. The third kappa shape index (κ3) is 3.12. The van der Waals surface area contributed by atoms with E-state index in [9.17, 15) is 0 Å². The summed E-state index contributed by atoms with van der Waals surface area (Å²) in [6.45, 7) is 11.5. The second-order valence-corrected chi connectivity index (χ2v) is 5.95. The van der Waals surface area contributed by atoms with Crippen LogP contribution in [0.25, 0.3) is 0 Å². The number of hydrogen-bond donors (Lipinski definition) is 1. The van der Waals surface area contributed by atoms with Gasteiger partial charge in [-0.15, -0.1) is 0 Å². The summed E-state index contributed by atoms with van der Waals surface area (Å²) in [5.74, 6) is 0. The van der Waals surface area contributed by atoms with E-state index in [-0.39, 0.29) is 5.54 Å². The fourth-order valence-corrected chi connectivity index (χ4v) is 2.86. The first-order valence-corrected chi connectivity index (χ1v) is 6.90. The van der Waals surface area contributed by atoms with Gasteiger partial charge in [-0.3, -0.25) is 0 Å². The maximum Gasteiger partial charge on any atom is 0.0645 e. The molecule has 1 aromatic carbocycles. The van der Waals surface area contributed by atoms with Gasteiger partial charge in [0.05, 0.1) is 6.61 Å². The summed E-state index contributed by atoms with van der Waals surface area (Å²) in [5.41, 5.74) is 5.70. The fraction of sp³-hybridized carbons (Fsp3) is 0.625. The van der Waals surface area contributed by atoms with E-state index in [1.807, 2.05) is 0 Å². The molecule has 0 amide bonds. The highest BCUT2D eigenvalue weighted by molar-refractivity contribution is 5.37. The highest BCUT2D eigenvalue weighted by Crippen LogP contribution is 2.21. The van der Waals surface area contributed by atoms with Crippen LogP contribution in [0, 0.1) is 20.8 Å². The number of benzene rings is 1. The molecule has 1 atom stereocenters. The van der Waals surface area contributed by atoms with E-state index < -0.39 is 0 Å². The van der Waals surface area contributed by atoms with E-state index in [0.29, 0.717) is 0 Å². The lowest BCUT2D eigenvalue weighted by atomic mass is 9.93. The summed E-state index contributed by atoms with van der Waals surface area (Å²) >= 11 is 0. The molecule has 0 radical (unpaired) electrons. The Balaban J connectivity index is 2.06. The zero-order valence-electron chi connectivity index (χ0n) is 12.1. The van der Waals surface area contributed by atoms with Crippen LogP contribution in [0.15, 0.2) is 12.1 Å². The van der Waals surface area contributed by atoms with Gasteiger partial charge in [0.15, 0.2) is 0 Å². The Kier molecular flexibility index (Phi) is 4.08. The number of aryl methyl sites for hydroxylation is 3. The number of ether oxygens (including phenoxy) is 1. The van der Waals surface area contributed by atoms with Crippen molar-refractivity contribution < 1.29 is 4.74 Å². The monoisotopic (exact) mass is 247 g/mol. The molecule has 1 unspecified atom stereocenters. The lowest BCUT2D eigenvalue weighted by Crippen LogP contribution is -2.48. The molecule has 1 aliphatic heterocycles. The Morgan fingerprint density at radius 1 is 1.22 bits per heavy atom. The summed E-state index contributed by atoms with van der Waals surface area (Å²) < 4.78 is 5.59. The highest BCUT2D eigenvalue weighted by Gasteiger charge is 2.26. The molecule has 100 valence electrons. The van der Waals surface area contributed by atoms with Gasteiger partial charge < -0.3 is 10.1 Å². The molecule has 1 aromatic rings. The van der Waals surface area contributed by atoms with Gasteiger partial charge >= 0.3 is 0 Å². The van der Waals surface area contributed by atoms with Gasteiger partial charge in [-0.2, -0.15) is 0 Å². The largest absolute Gasteiger partial charge is 0.380 e. The minimum atomic E-state index is 0.141. The molecule has 1 aliphatic rings. The van der Waals surface area contributed by atoms with E-state index in [4.69, 9.17) is 4.74 Å². The number of nitrogens with one attached hydrogen (secondary N) is 1. The van der Waals surface area contributed by atoms with Gasteiger partial charge in [0, 0.05) is 18.7 Å². The van der Waals surface area contributed by atoms with Crippen LogP contribution >= 0.6 is 0 Å². The van der Waals surface area contributed by atoms with Crippen LogP contribution in [0.4, 0.5) is 0 Å². The van der Waals surface area contributed by atoms with Crippen LogP contribution in [0.2, 0.25) is 0 Å². The average Bonchev–Trinajstić information content (AvgIpc) is 2.28. The maximum atomic E-state index is 5.59. The van der Waals surface area contributed by atoms with Crippen LogP contribution in [-0.2, 0) is 11.3 Å². The molecule has 1 saturated heterocycles. The molecular formula is C16H25NO. The first kappa shape index (κ1) is 13.6. The lowest BCUT2D eigenvalue weighted by Gasteiger charge is -2.35. The third-order valence-electron chi connectivity index (χ3n) is 3.97. The van der Waals surface area contributed by atoms with Crippen LogP contribution in [0.5, 0.6) is 0 Å². The Morgan fingerprint density at radius 2 is 1.89 bits per heavy atom. The van der Waals surface area contributed by atoms with Crippen LogP contribution in [0.3, 0.4) is 0 Å². The molecule has 2 heteroatoms. The van der Waals surface area contributed by atoms with Crippen molar-refractivity contribution in [3.63, 3.8) is 0 Å². The summed E-state index contributed by atoms with van der Waals surface area (Å²) in [7, 11) is 0. The number of rotatable bonds is 3.